The zero-order chi connectivity index (χ0) is 14.1. The standard InChI is InChI=1S/C12H14O5S/c1-12(2,3)11-8(6-13)4-10(18(15,16)17)5-9(11)7-14/h4-7H,1-3H3,(H,15,16,17). The Labute approximate surface area is 106 Å². The van der Waals surface area contributed by atoms with Gasteiger partial charge in [0.1, 0.15) is 12.6 Å². The highest BCUT2D eigenvalue weighted by atomic mass is 32.2. The van der Waals surface area contributed by atoms with Gasteiger partial charge < -0.3 is 0 Å². The van der Waals surface area contributed by atoms with E-state index in [1.54, 1.807) is 20.8 Å². The number of carbonyl (C=O) groups is 2. The minimum absolute atomic E-state index is 0.0831. The Morgan fingerprint density at radius 2 is 1.44 bits per heavy atom. The zero-order valence-electron chi connectivity index (χ0n) is 10.3. The lowest BCUT2D eigenvalue weighted by Crippen LogP contribution is -2.18. The third-order valence-corrected chi connectivity index (χ3v) is 3.31. The zero-order valence-corrected chi connectivity index (χ0v) is 11.1. The molecular formula is C12H14O5S. The molecule has 6 heteroatoms. The minimum atomic E-state index is -4.45. The molecule has 18 heavy (non-hydrogen) atoms. The van der Waals surface area contributed by atoms with E-state index in [0.717, 1.165) is 12.1 Å². The normalized spacial score (nSPS) is 12.2. The van der Waals surface area contributed by atoms with Crippen molar-refractivity contribution >= 4 is 22.7 Å². The van der Waals surface area contributed by atoms with Crippen molar-refractivity contribution < 1.29 is 22.6 Å². The number of aldehydes is 2. The van der Waals surface area contributed by atoms with Crippen LogP contribution in [0, 0.1) is 0 Å². The number of carbonyl (C=O) groups excluding carboxylic acids is 2. The van der Waals surface area contributed by atoms with E-state index in [-0.39, 0.29) is 11.1 Å². The van der Waals surface area contributed by atoms with Gasteiger partial charge >= 0.3 is 0 Å². The molecule has 0 atom stereocenters. The van der Waals surface area contributed by atoms with E-state index < -0.39 is 20.4 Å². The highest BCUT2D eigenvalue weighted by molar-refractivity contribution is 7.85. The van der Waals surface area contributed by atoms with E-state index in [2.05, 4.69) is 0 Å². The van der Waals surface area contributed by atoms with Crippen LogP contribution in [-0.2, 0) is 15.5 Å². The number of rotatable bonds is 3. The minimum Gasteiger partial charge on any atom is -0.298 e. The monoisotopic (exact) mass is 270 g/mol. The predicted molar refractivity (Wildman–Crippen MR) is 65.7 cm³/mol. The van der Waals surface area contributed by atoms with Crippen LogP contribution in [0.5, 0.6) is 0 Å². The van der Waals surface area contributed by atoms with Crippen LogP contribution in [0.25, 0.3) is 0 Å². The fourth-order valence-electron chi connectivity index (χ4n) is 1.86. The smallest absolute Gasteiger partial charge is 0.294 e. The lowest BCUT2D eigenvalue weighted by molar-refractivity contribution is 0.112. The van der Waals surface area contributed by atoms with Crippen molar-refractivity contribution in [3.63, 3.8) is 0 Å². The molecule has 0 radical (unpaired) electrons. The molecule has 98 valence electrons. The van der Waals surface area contributed by atoms with Gasteiger partial charge in [0.15, 0.2) is 0 Å². The fourth-order valence-corrected chi connectivity index (χ4v) is 2.41. The molecule has 0 unspecified atom stereocenters. The van der Waals surface area contributed by atoms with Gasteiger partial charge in [-0.2, -0.15) is 8.42 Å². The van der Waals surface area contributed by atoms with Gasteiger partial charge in [0.05, 0.1) is 4.90 Å². The summed E-state index contributed by atoms with van der Waals surface area (Å²) in [7, 11) is -4.45. The molecule has 0 saturated carbocycles. The first-order valence-corrected chi connectivity index (χ1v) is 6.61. The van der Waals surface area contributed by atoms with E-state index >= 15 is 0 Å². The Kier molecular flexibility index (Phi) is 3.73. The first-order valence-electron chi connectivity index (χ1n) is 5.17. The van der Waals surface area contributed by atoms with Gasteiger partial charge in [0, 0.05) is 11.1 Å². The molecule has 0 amide bonds. The summed E-state index contributed by atoms with van der Waals surface area (Å²) < 4.78 is 31.1. The van der Waals surface area contributed by atoms with Crippen LogP contribution in [-0.4, -0.2) is 25.5 Å². The second-order valence-corrected chi connectivity index (χ2v) is 6.36. The summed E-state index contributed by atoms with van der Waals surface area (Å²) in [4.78, 5) is 21.6. The van der Waals surface area contributed by atoms with Crippen LogP contribution in [0.3, 0.4) is 0 Å². The molecule has 0 aliphatic rings. The van der Waals surface area contributed by atoms with Crippen molar-refractivity contribution in [1.82, 2.24) is 0 Å². The lowest BCUT2D eigenvalue weighted by atomic mass is 9.81. The van der Waals surface area contributed by atoms with Crippen molar-refractivity contribution in [2.75, 3.05) is 0 Å². The number of hydrogen-bond acceptors (Lipinski definition) is 4. The van der Waals surface area contributed by atoms with Gasteiger partial charge in [-0.15, -0.1) is 0 Å². The lowest BCUT2D eigenvalue weighted by Gasteiger charge is -2.23. The second kappa shape index (κ2) is 4.62. The summed E-state index contributed by atoms with van der Waals surface area (Å²) in [5.74, 6) is 0. The Morgan fingerprint density at radius 1 is 1.06 bits per heavy atom. The SMILES string of the molecule is CC(C)(C)c1c(C=O)cc(S(=O)(=O)O)cc1C=O. The van der Waals surface area contributed by atoms with Crippen LogP contribution < -0.4 is 0 Å². The number of benzene rings is 1. The molecule has 0 saturated heterocycles. The van der Waals surface area contributed by atoms with Gasteiger partial charge in [-0.25, -0.2) is 0 Å². The molecule has 1 aromatic carbocycles. The van der Waals surface area contributed by atoms with E-state index in [1.165, 1.54) is 0 Å². The van der Waals surface area contributed by atoms with Gasteiger partial charge in [0.25, 0.3) is 10.1 Å². The average molecular weight is 270 g/mol. The van der Waals surface area contributed by atoms with E-state index in [0.29, 0.717) is 18.1 Å². The third kappa shape index (κ3) is 2.83. The largest absolute Gasteiger partial charge is 0.298 e. The Hall–Kier alpha value is -1.53. The van der Waals surface area contributed by atoms with Gasteiger partial charge in [-0.05, 0) is 23.1 Å². The Morgan fingerprint density at radius 3 is 1.67 bits per heavy atom. The van der Waals surface area contributed by atoms with Gasteiger partial charge in [-0.1, -0.05) is 20.8 Å². The highest BCUT2D eigenvalue weighted by Crippen LogP contribution is 2.30. The fraction of sp³-hybridized carbons (Fsp3) is 0.333. The van der Waals surface area contributed by atoms with Crippen LogP contribution >= 0.6 is 0 Å². The van der Waals surface area contributed by atoms with Crippen LogP contribution in [0.1, 0.15) is 47.1 Å². The maximum atomic E-state index is 11.1. The van der Waals surface area contributed by atoms with Crippen molar-refractivity contribution in [3.8, 4) is 0 Å². The molecule has 0 aliphatic heterocycles. The molecule has 0 aliphatic carbocycles. The molecule has 0 heterocycles. The summed E-state index contributed by atoms with van der Waals surface area (Å²) in [5.41, 5.74) is 0.129. The Balaban J connectivity index is 3.76. The Bertz CT molecular complexity index is 564. The summed E-state index contributed by atoms with van der Waals surface area (Å²) >= 11 is 0. The first kappa shape index (κ1) is 14.5. The van der Waals surface area contributed by atoms with Gasteiger partial charge in [0.2, 0.25) is 0 Å². The van der Waals surface area contributed by atoms with Gasteiger partial charge in [-0.3, -0.25) is 14.1 Å². The molecule has 5 nitrogen and oxygen atoms in total. The molecule has 0 spiro atoms. The summed E-state index contributed by atoms with van der Waals surface area (Å²) in [6, 6.07) is 2.13. The molecule has 0 fully saturated rings. The topological polar surface area (TPSA) is 88.5 Å². The maximum Gasteiger partial charge on any atom is 0.294 e. The maximum absolute atomic E-state index is 11.1. The van der Waals surface area contributed by atoms with E-state index in [1.807, 2.05) is 0 Å². The summed E-state index contributed by atoms with van der Waals surface area (Å²) in [6.45, 7) is 5.40. The number of hydrogen-bond donors (Lipinski definition) is 1. The molecule has 0 aromatic heterocycles. The molecule has 1 N–H and O–H groups in total. The third-order valence-electron chi connectivity index (χ3n) is 2.47. The molecule has 0 bridgehead atoms. The van der Waals surface area contributed by atoms with E-state index in [9.17, 15) is 18.0 Å². The van der Waals surface area contributed by atoms with Crippen molar-refractivity contribution in [2.24, 2.45) is 0 Å². The van der Waals surface area contributed by atoms with Crippen LogP contribution in [0.2, 0.25) is 0 Å². The molecular weight excluding hydrogens is 256 g/mol. The quantitative estimate of drug-likeness (QED) is 0.669. The van der Waals surface area contributed by atoms with Crippen molar-refractivity contribution in [1.29, 1.82) is 0 Å². The molecule has 1 aromatic rings. The second-order valence-electron chi connectivity index (χ2n) is 4.94. The van der Waals surface area contributed by atoms with Crippen molar-refractivity contribution in [3.05, 3.63) is 28.8 Å². The predicted octanol–water partition coefficient (Wildman–Crippen LogP) is 1.86. The summed E-state index contributed by atoms with van der Waals surface area (Å²) in [6.07, 6.45) is 0.949. The summed E-state index contributed by atoms with van der Waals surface area (Å²) in [5, 5.41) is 0. The van der Waals surface area contributed by atoms with Crippen molar-refractivity contribution in [2.45, 2.75) is 31.1 Å². The van der Waals surface area contributed by atoms with Crippen LogP contribution in [0.4, 0.5) is 0 Å². The average Bonchev–Trinajstić information content (AvgIpc) is 2.24. The molecule has 1 rings (SSSR count). The van der Waals surface area contributed by atoms with E-state index in [4.69, 9.17) is 4.55 Å². The first-order chi connectivity index (χ1) is 8.11. The highest BCUT2D eigenvalue weighted by Gasteiger charge is 2.24. The van der Waals surface area contributed by atoms with Crippen LogP contribution in [0.15, 0.2) is 17.0 Å².